The van der Waals surface area contributed by atoms with Gasteiger partial charge in [0.15, 0.2) is 0 Å². The first-order valence-corrected chi connectivity index (χ1v) is 1.82. The number of rotatable bonds is 0. The molecule has 1 radical (unpaired) electrons. The Bertz CT molecular complexity index is 92.0. The van der Waals surface area contributed by atoms with Crippen LogP contribution in [0.2, 0.25) is 0 Å². The molecule has 0 aliphatic rings. The summed E-state index contributed by atoms with van der Waals surface area (Å²) in [5, 5.41) is 0. The van der Waals surface area contributed by atoms with E-state index in [1.807, 2.05) is 0 Å². The van der Waals surface area contributed by atoms with E-state index in [1.54, 1.807) is 0 Å². The second-order valence-corrected chi connectivity index (χ2v) is 1.09. The van der Waals surface area contributed by atoms with Crippen molar-refractivity contribution >= 4 is 11.9 Å². The SMILES string of the molecule is CC(=O)OC(C)=O.[Ce].[Mn]. The molecule has 0 saturated carbocycles. The van der Waals surface area contributed by atoms with Crippen molar-refractivity contribution in [3.8, 4) is 0 Å². The van der Waals surface area contributed by atoms with Gasteiger partial charge in [0.25, 0.3) is 0 Å². The van der Waals surface area contributed by atoms with Crippen molar-refractivity contribution in [1.29, 1.82) is 0 Å². The Morgan fingerprint density at radius 1 is 1.11 bits per heavy atom. The van der Waals surface area contributed by atoms with E-state index in [1.165, 1.54) is 13.8 Å². The van der Waals surface area contributed by atoms with E-state index >= 15 is 0 Å². The molecule has 0 saturated heterocycles. The monoisotopic (exact) mass is 297 g/mol. The molecule has 0 amide bonds. The summed E-state index contributed by atoms with van der Waals surface area (Å²) in [6.45, 7) is 2.36. The Morgan fingerprint density at radius 3 is 1.33 bits per heavy atom. The minimum atomic E-state index is -0.562. The number of esters is 2. The van der Waals surface area contributed by atoms with Crippen LogP contribution < -0.4 is 0 Å². The summed E-state index contributed by atoms with van der Waals surface area (Å²) in [4.78, 5) is 19.6. The molecule has 51 valence electrons. The number of hydrogen-bond acceptors (Lipinski definition) is 3. The molecule has 0 aliphatic heterocycles. The standard InChI is InChI=1S/C4H6O3.Ce.Mn/c1-3(5)7-4(2)6;;/h1-2H3;;. The van der Waals surface area contributed by atoms with Gasteiger partial charge in [-0.2, -0.15) is 0 Å². The quantitative estimate of drug-likeness (QED) is 0.362. The van der Waals surface area contributed by atoms with Crippen molar-refractivity contribution < 1.29 is 73.1 Å². The van der Waals surface area contributed by atoms with Gasteiger partial charge in [-0.15, -0.1) is 0 Å². The van der Waals surface area contributed by atoms with E-state index in [9.17, 15) is 9.59 Å². The Labute approximate surface area is 97.7 Å². The Hall–Kier alpha value is 1.04. The van der Waals surface area contributed by atoms with Crippen LogP contribution in [0.4, 0.5) is 0 Å². The van der Waals surface area contributed by atoms with E-state index in [-0.39, 0.29) is 58.8 Å². The molecule has 0 fully saturated rings. The van der Waals surface area contributed by atoms with Gasteiger partial charge in [-0.25, -0.2) is 0 Å². The van der Waals surface area contributed by atoms with Crippen molar-refractivity contribution in [3.05, 3.63) is 0 Å². The van der Waals surface area contributed by atoms with Crippen molar-refractivity contribution in [3.63, 3.8) is 0 Å². The van der Waals surface area contributed by atoms with Crippen LogP contribution in [0.5, 0.6) is 0 Å². The summed E-state index contributed by atoms with van der Waals surface area (Å²) in [5.41, 5.74) is 0. The van der Waals surface area contributed by atoms with Crippen LogP contribution in [-0.4, -0.2) is 11.9 Å². The second kappa shape index (κ2) is 9.04. The largest absolute Gasteiger partial charge is 0.394 e. The molecule has 0 atom stereocenters. The molecule has 3 nitrogen and oxygen atoms in total. The average molecular weight is 297 g/mol. The normalized spacial score (nSPS) is 6.00. The molecule has 0 aromatic rings. The summed E-state index contributed by atoms with van der Waals surface area (Å²) >= 11 is 0. The number of ether oxygens (including phenoxy) is 1. The fraction of sp³-hybridized carbons (Fsp3) is 0.500. The van der Waals surface area contributed by atoms with E-state index in [2.05, 4.69) is 4.74 Å². The first kappa shape index (κ1) is 16.6. The van der Waals surface area contributed by atoms with Gasteiger partial charge in [-0.05, 0) is 0 Å². The van der Waals surface area contributed by atoms with Crippen molar-refractivity contribution in [2.24, 2.45) is 0 Å². The van der Waals surface area contributed by atoms with E-state index < -0.39 is 11.9 Å². The predicted octanol–water partition coefficient (Wildman–Crippen LogP) is 0.0935. The molecule has 0 aromatic carbocycles. The van der Waals surface area contributed by atoms with Gasteiger partial charge in [0.05, 0.1) is 0 Å². The number of carbonyl (C=O) groups excluding carboxylic acids is 2. The predicted molar refractivity (Wildman–Crippen MR) is 22.4 cm³/mol. The minimum Gasteiger partial charge on any atom is -0.394 e. The van der Waals surface area contributed by atoms with Crippen molar-refractivity contribution in [2.45, 2.75) is 13.8 Å². The molecule has 9 heavy (non-hydrogen) atoms. The topological polar surface area (TPSA) is 43.4 Å². The van der Waals surface area contributed by atoms with Gasteiger partial charge < -0.3 is 4.74 Å². The molecular weight excluding hydrogens is 291 g/mol. The summed E-state index contributed by atoms with van der Waals surface area (Å²) in [6.07, 6.45) is 0. The van der Waals surface area contributed by atoms with Gasteiger partial charge >= 0.3 is 11.9 Å². The zero-order valence-electron chi connectivity index (χ0n) is 5.10. The first-order chi connectivity index (χ1) is 3.13. The molecule has 0 rings (SSSR count). The number of carbonyl (C=O) groups is 2. The van der Waals surface area contributed by atoms with Crippen molar-refractivity contribution in [1.82, 2.24) is 0 Å². The van der Waals surface area contributed by atoms with Crippen molar-refractivity contribution in [2.75, 3.05) is 0 Å². The zero-order chi connectivity index (χ0) is 5.86. The Kier molecular flexibility index (Phi) is 16.6. The average Bonchev–Trinajstić information content (AvgIpc) is 1.27. The molecule has 0 N–H and O–H groups in total. The number of hydrogen-bond donors (Lipinski definition) is 0. The van der Waals surface area contributed by atoms with Crippen LogP contribution in [0.25, 0.3) is 0 Å². The maximum Gasteiger partial charge on any atom is 0.310 e. The summed E-state index contributed by atoms with van der Waals surface area (Å²) in [5.74, 6) is -1.12. The summed E-state index contributed by atoms with van der Waals surface area (Å²) < 4.78 is 3.97. The third kappa shape index (κ3) is 17.6. The van der Waals surface area contributed by atoms with E-state index in [0.29, 0.717) is 0 Å². The molecule has 5 heteroatoms. The van der Waals surface area contributed by atoms with Gasteiger partial charge in [0.2, 0.25) is 0 Å². The molecule has 0 aromatic heterocycles. The third-order valence-corrected chi connectivity index (χ3v) is 0.287. The fourth-order valence-electron chi connectivity index (χ4n) is 0.202. The third-order valence-electron chi connectivity index (χ3n) is 0.287. The van der Waals surface area contributed by atoms with Crippen LogP contribution in [0, 0.1) is 41.7 Å². The van der Waals surface area contributed by atoms with Crippen LogP contribution in [0.3, 0.4) is 0 Å². The van der Waals surface area contributed by atoms with Gasteiger partial charge in [0.1, 0.15) is 0 Å². The molecule has 0 heterocycles. The first-order valence-electron chi connectivity index (χ1n) is 1.82. The molecule has 0 aliphatic carbocycles. The van der Waals surface area contributed by atoms with Crippen LogP contribution in [-0.2, 0) is 31.4 Å². The van der Waals surface area contributed by atoms with Crippen LogP contribution in [0.1, 0.15) is 13.8 Å². The van der Waals surface area contributed by atoms with E-state index in [0.717, 1.165) is 0 Å². The van der Waals surface area contributed by atoms with Crippen LogP contribution in [0.15, 0.2) is 0 Å². The molecule has 0 bridgehead atoms. The van der Waals surface area contributed by atoms with Crippen LogP contribution >= 0.6 is 0 Å². The van der Waals surface area contributed by atoms with Gasteiger partial charge in [-0.3, -0.25) is 9.59 Å². The molecular formula is C4H6CeMnO3. The fourth-order valence-corrected chi connectivity index (χ4v) is 0.202. The maximum absolute atomic E-state index is 9.81. The Morgan fingerprint density at radius 2 is 1.33 bits per heavy atom. The van der Waals surface area contributed by atoms with Gasteiger partial charge in [-0.1, -0.05) is 0 Å². The molecule has 0 spiro atoms. The zero-order valence-corrected chi connectivity index (χ0v) is 9.42. The summed E-state index contributed by atoms with van der Waals surface area (Å²) in [7, 11) is 0. The van der Waals surface area contributed by atoms with E-state index in [4.69, 9.17) is 0 Å². The Balaban J connectivity index is -0.000000180. The minimum absolute atomic E-state index is 0. The second-order valence-electron chi connectivity index (χ2n) is 1.09. The maximum atomic E-state index is 9.81. The summed E-state index contributed by atoms with van der Waals surface area (Å²) in [6, 6.07) is 0. The molecule has 0 unspecified atom stereocenters. The smallest absolute Gasteiger partial charge is 0.310 e. The van der Waals surface area contributed by atoms with Gasteiger partial charge in [0, 0.05) is 72.7 Å².